The van der Waals surface area contributed by atoms with Crippen LogP contribution in [0, 0.1) is 0 Å². The van der Waals surface area contributed by atoms with Crippen molar-refractivity contribution < 1.29 is 4.74 Å². The average Bonchev–Trinajstić information content (AvgIpc) is 2.25. The van der Waals surface area contributed by atoms with Crippen molar-refractivity contribution in [2.75, 3.05) is 20.3 Å². The molecule has 0 radical (unpaired) electrons. The third kappa shape index (κ3) is 10.2. The van der Waals surface area contributed by atoms with Crippen LogP contribution in [0.5, 0.6) is 0 Å². The second kappa shape index (κ2) is 12.0. The van der Waals surface area contributed by atoms with Crippen LogP contribution in [0.1, 0.15) is 58.8 Å². The zero-order valence-corrected chi connectivity index (χ0v) is 10.8. The van der Waals surface area contributed by atoms with Gasteiger partial charge in [-0.15, -0.1) is 0 Å². The van der Waals surface area contributed by atoms with Crippen LogP contribution < -0.4 is 5.32 Å². The average molecular weight is 215 g/mol. The molecule has 0 aliphatic rings. The van der Waals surface area contributed by atoms with E-state index in [1.165, 1.54) is 51.5 Å². The molecule has 0 aliphatic carbocycles. The first-order valence-electron chi connectivity index (χ1n) is 6.57. The molecule has 2 nitrogen and oxygen atoms in total. The van der Waals surface area contributed by atoms with Gasteiger partial charge >= 0.3 is 0 Å². The van der Waals surface area contributed by atoms with Crippen molar-refractivity contribution in [3.63, 3.8) is 0 Å². The summed E-state index contributed by atoms with van der Waals surface area (Å²) in [5, 5.41) is 3.63. The van der Waals surface area contributed by atoms with Gasteiger partial charge in [-0.2, -0.15) is 0 Å². The molecule has 92 valence electrons. The molecule has 0 aromatic carbocycles. The predicted molar refractivity (Wildman–Crippen MR) is 67.3 cm³/mol. The summed E-state index contributed by atoms with van der Waals surface area (Å²) in [6.45, 7) is 6.59. The van der Waals surface area contributed by atoms with Gasteiger partial charge in [-0.1, -0.05) is 33.1 Å². The van der Waals surface area contributed by atoms with Crippen molar-refractivity contribution in [3.05, 3.63) is 0 Å². The van der Waals surface area contributed by atoms with Crippen molar-refractivity contribution in [3.8, 4) is 0 Å². The summed E-state index contributed by atoms with van der Waals surface area (Å²) in [7, 11) is 1.78. The van der Waals surface area contributed by atoms with Crippen molar-refractivity contribution in [2.45, 2.75) is 64.8 Å². The van der Waals surface area contributed by atoms with E-state index in [2.05, 4.69) is 19.2 Å². The highest BCUT2D eigenvalue weighted by atomic mass is 16.5. The van der Waals surface area contributed by atoms with E-state index in [0.29, 0.717) is 0 Å². The van der Waals surface area contributed by atoms with E-state index in [1.54, 1.807) is 7.11 Å². The molecule has 0 saturated heterocycles. The Hall–Kier alpha value is -0.0800. The predicted octanol–water partition coefficient (Wildman–Crippen LogP) is 3.36. The highest BCUT2D eigenvalue weighted by molar-refractivity contribution is 4.65. The van der Waals surface area contributed by atoms with Crippen LogP contribution in [0.25, 0.3) is 0 Å². The van der Waals surface area contributed by atoms with Gasteiger partial charge in [0.15, 0.2) is 0 Å². The quantitative estimate of drug-likeness (QED) is 0.534. The smallest absolute Gasteiger partial charge is 0.0462 e. The summed E-state index contributed by atoms with van der Waals surface area (Å²) in [6, 6.07) is 0.748. The Morgan fingerprint density at radius 2 is 1.80 bits per heavy atom. The van der Waals surface area contributed by atoms with Gasteiger partial charge in [0, 0.05) is 19.8 Å². The Morgan fingerprint density at radius 3 is 2.40 bits per heavy atom. The van der Waals surface area contributed by atoms with Crippen LogP contribution in [0.4, 0.5) is 0 Å². The maximum Gasteiger partial charge on any atom is 0.0462 e. The topological polar surface area (TPSA) is 21.3 Å². The standard InChI is InChI=1S/C13H29NO/c1-4-9-13(14-11-5-2)10-7-6-8-12-15-3/h13-14H,4-12H2,1-3H3. The van der Waals surface area contributed by atoms with E-state index in [9.17, 15) is 0 Å². The van der Waals surface area contributed by atoms with E-state index in [4.69, 9.17) is 4.74 Å². The summed E-state index contributed by atoms with van der Waals surface area (Å²) in [4.78, 5) is 0. The third-order valence-electron chi connectivity index (χ3n) is 2.72. The number of rotatable bonds is 11. The Labute approximate surface area is 95.8 Å². The zero-order valence-electron chi connectivity index (χ0n) is 10.8. The Bertz CT molecular complexity index is 117. The number of nitrogens with one attached hydrogen (secondary N) is 1. The minimum absolute atomic E-state index is 0.748. The van der Waals surface area contributed by atoms with Gasteiger partial charge in [0.1, 0.15) is 0 Å². The highest BCUT2D eigenvalue weighted by Crippen LogP contribution is 2.08. The SMILES string of the molecule is CCCNC(CCC)CCCCCOC. The lowest BCUT2D eigenvalue weighted by Crippen LogP contribution is -2.29. The van der Waals surface area contributed by atoms with Crippen molar-refractivity contribution in [1.82, 2.24) is 5.32 Å². The second-order valence-corrected chi connectivity index (χ2v) is 4.28. The van der Waals surface area contributed by atoms with Crippen LogP contribution in [0.2, 0.25) is 0 Å². The lowest BCUT2D eigenvalue weighted by molar-refractivity contribution is 0.191. The van der Waals surface area contributed by atoms with E-state index >= 15 is 0 Å². The van der Waals surface area contributed by atoms with Crippen molar-refractivity contribution in [2.24, 2.45) is 0 Å². The summed E-state index contributed by atoms with van der Waals surface area (Å²) in [5.41, 5.74) is 0. The molecule has 15 heavy (non-hydrogen) atoms. The van der Waals surface area contributed by atoms with Crippen molar-refractivity contribution >= 4 is 0 Å². The highest BCUT2D eigenvalue weighted by Gasteiger charge is 2.05. The number of hydrogen-bond acceptors (Lipinski definition) is 2. The number of methoxy groups -OCH3 is 1. The molecule has 0 rings (SSSR count). The fraction of sp³-hybridized carbons (Fsp3) is 1.00. The molecule has 0 saturated carbocycles. The number of hydrogen-bond donors (Lipinski definition) is 1. The fourth-order valence-electron chi connectivity index (χ4n) is 1.86. The summed E-state index contributed by atoms with van der Waals surface area (Å²) < 4.78 is 5.05. The van der Waals surface area contributed by atoms with Crippen LogP contribution in [-0.2, 0) is 4.74 Å². The number of unbranched alkanes of at least 4 members (excludes halogenated alkanes) is 2. The monoisotopic (exact) mass is 215 g/mol. The Kier molecular flexibility index (Phi) is 11.9. The molecule has 0 heterocycles. The molecule has 1 unspecified atom stereocenters. The normalized spacial score (nSPS) is 13.0. The number of ether oxygens (including phenoxy) is 1. The fourth-order valence-corrected chi connectivity index (χ4v) is 1.86. The van der Waals surface area contributed by atoms with Gasteiger partial charge < -0.3 is 10.1 Å². The Balaban J connectivity index is 3.38. The van der Waals surface area contributed by atoms with Gasteiger partial charge in [0.25, 0.3) is 0 Å². The van der Waals surface area contributed by atoms with Gasteiger partial charge in [-0.3, -0.25) is 0 Å². The Morgan fingerprint density at radius 1 is 1.00 bits per heavy atom. The molecule has 1 N–H and O–H groups in total. The van der Waals surface area contributed by atoms with Gasteiger partial charge in [0.2, 0.25) is 0 Å². The third-order valence-corrected chi connectivity index (χ3v) is 2.72. The van der Waals surface area contributed by atoms with Crippen LogP contribution >= 0.6 is 0 Å². The maximum atomic E-state index is 5.05. The minimum atomic E-state index is 0.748. The zero-order chi connectivity index (χ0) is 11.4. The lowest BCUT2D eigenvalue weighted by atomic mass is 10.0. The molecule has 0 amide bonds. The van der Waals surface area contributed by atoms with E-state index in [0.717, 1.165) is 12.6 Å². The first-order chi connectivity index (χ1) is 7.35. The van der Waals surface area contributed by atoms with E-state index in [-0.39, 0.29) is 0 Å². The van der Waals surface area contributed by atoms with Gasteiger partial charge in [-0.25, -0.2) is 0 Å². The minimum Gasteiger partial charge on any atom is -0.385 e. The molecule has 1 atom stereocenters. The first-order valence-corrected chi connectivity index (χ1v) is 6.57. The first kappa shape index (κ1) is 14.9. The summed E-state index contributed by atoms with van der Waals surface area (Å²) in [6.07, 6.45) is 9.04. The van der Waals surface area contributed by atoms with Crippen LogP contribution in [0.3, 0.4) is 0 Å². The molecule has 2 heteroatoms. The molecular formula is C13H29NO. The molecule has 0 bridgehead atoms. The largest absolute Gasteiger partial charge is 0.385 e. The van der Waals surface area contributed by atoms with Crippen LogP contribution in [-0.4, -0.2) is 26.3 Å². The van der Waals surface area contributed by atoms with Crippen molar-refractivity contribution in [1.29, 1.82) is 0 Å². The summed E-state index contributed by atoms with van der Waals surface area (Å²) in [5.74, 6) is 0. The molecule has 0 aromatic heterocycles. The van der Waals surface area contributed by atoms with E-state index in [1.807, 2.05) is 0 Å². The molecular weight excluding hydrogens is 186 g/mol. The second-order valence-electron chi connectivity index (χ2n) is 4.28. The molecule has 0 fully saturated rings. The van der Waals surface area contributed by atoms with Crippen LogP contribution in [0.15, 0.2) is 0 Å². The van der Waals surface area contributed by atoms with Gasteiger partial charge in [0.05, 0.1) is 0 Å². The maximum absolute atomic E-state index is 5.05. The lowest BCUT2D eigenvalue weighted by Gasteiger charge is -2.17. The van der Waals surface area contributed by atoms with Gasteiger partial charge in [-0.05, 0) is 32.2 Å². The molecule has 0 aliphatic heterocycles. The molecule has 0 aromatic rings. The molecule has 0 spiro atoms. The summed E-state index contributed by atoms with van der Waals surface area (Å²) >= 11 is 0. The van der Waals surface area contributed by atoms with E-state index < -0.39 is 0 Å².